The Labute approximate surface area is 109 Å². The molecular formula is C15H23N3. The molecule has 1 heterocycles. The van der Waals surface area contributed by atoms with Gasteiger partial charge in [0.2, 0.25) is 0 Å². The summed E-state index contributed by atoms with van der Waals surface area (Å²) >= 11 is 0. The van der Waals surface area contributed by atoms with E-state index >= 15 is 0 Å². The van der Waals surface area contributed by atoms with Crippen molar-refractivity contribution in [1.29, 1.82) is 0 Å². The first-order valence-electron chi connectivity index (χ1n) is 7.02. The first-order valence-corrected chi connectivity index (χ1v) is 7.02. The molecule has 1 aromatic heterocycles. The molecule has 18 heavy (non-hydrogen) atoms. The zero-order valence-corrected chi connectivity index (χ0v) is 11.6. The molecule has 98 valence electrons. The van der Waals surface area contributed by atoms with Crippen LogP contribution in [0.2, 0.25) is 0 Å². The lowest BCUT2D eigenvalue weighted by atomic mass is 9.69. The van der Waals surface area contributed by atoms with Gasteiger partial charge in [0.05, 0.1) is 5.69 Å². The maximum atomic E-state index is 4.34. The van der Waals surface area contributed by atoms with Crippen molar-refractivity contribution in [2.75, 3.05) is 0 Å². The number of hydrogen-bond acceptors (Lipinski definition) is 3. The Kier molecular flexibility index (Phi) is 2.70. The molecule has 2 aliphatic carbocycles. The van der Waals surface area contributed by atoms with Crippen LogP contribution in [0.15, 0.2) is 18.6 Å². The fourth-order valence-electron chi connectivity index (χ4n) is 4.16. The fraction of sp³-hybridized carbons (Fsp3) is 0.733. The highest BCUT2D eigenvalue weighted by Gasteiger charge is 2.60. The zero-order valence-electron chi connectivity index (χ0n) is 11.6. The number of fused-ring (bicyclic) bond motifs is 2. The van der Waals surface area contributed by atoms with Crippen LogP contribution in [0.3, 0.4) is 0 Å². The minimum Gasteiger partial charge on any atom is -0.308 e. The topological polar surface area (TPSA) is 37.8 Å². The van der Waals surface area contributed by atoms with E-state index in [-0.39, 0.29) is 0 Å². The van der Waals surface area contributed by atoms with Gasteiger partial charge in [-0.3, -0.25) is 9.97 Å². The van der Waals surface area contributed by atoms with Gasteiger partial charge >= 0.3 is 0 Å². The second-order valence-electron chi connectivity index (χ2n) is 6.74. The van der Waals surface area contributed by atoms with Crippen molar-refractivity contribution < 1.29 is 0 Å². The van der Waals surface area contributed by atoms with Gasteiger partial charge in [0, 0.05) is 31.2 Å². The number of nitrogens with zero attached hydrogens (tertiary/aromatic N) is 2. The lowest BCUT2D eigenvalue weighted by molar-refractivity contribution is 0.120. The highest BCUT2D eigenvalue weighted by molar-refractivity contribution is 5.13. The van der Waals surface area contributed by atoms with Crippen LogP contribution in [-0.2, 0) is 6.54 Å². The fourth-order valence-corrected chi connectivity index (χ4v) is 4.16. The molecule has 2 bridgehead atoms. The van der Waals surface area contributed by atoms with E-state index in [2.05, 4.69) is 36.1 Å². The largest absolute Gasteiger partial charge is 0.308 e. The summed E-state index contributed by atoms with van der Waals surface area (Å²) in [5, 5.41) is 3.72. The molecule has 0 amide bonds. The summed E-state index contributed by atoms with van der Waals surface area (Å²) in [4.78, 5) is 8.46. The third kappa shape index (κ3) is 1.60. The van der Waals surface area contributed by atoms with Crippen LogP contribution in [-0.4, -0.2) is 16.0 Å². The van der Waals surface area contributed by atoms with Gasteiger partial charge in [-0.1, -0.05) is 20.8 Å². The first-order chi connectivity index (χ1) is 8.54. The predicted octanol–water partition coefficient (Wildman–Crippen LogP) is 2.78. The van der Waals surface area contributed by atoms with Crippen molar-refractivity contribution >= 4 is 0 Å². The van der Waals surface area contributed by atoms with Crippen molar-refractivity contribution in [1.82, 2.24) is 15.3 Å². The lowest BCUT2D eigenvalue weighted by Gasteiger charge is -2.39. The van der Waals surface area contributed by atoms with Crippen LogP contribution in [0.4, 0.5) is 0 Å². The normalized spacial score (nSPS) is 37.1. The summed E-state index contributed by atoms with van der Waals surface area (Å²) < 4.78 is 0. The van der Waals surface area contributed by atoms with Crippen molar-refractivity contribution in [3.63, 3.8) is 0 Å². The molecule has 0 spiro atoms. The molecule has 3 rings (SSSR count). The van der Waals surface area contributed by atoms with Crippen LogP contribution in [0, 0.1) is 16.7 Å². The van der Waals surface area contributed by atoms with E-state index in [1.165, 1.54) is 19.3 Å². The molecule has 3 nitrogen and oxygen atoms in total. The smallest absolute Gasteiger partial charge is 0.0724 e. The van der Waals surface area contributed by atoms with E-state index in [9.17, 15) is 0 Å². The summed E-state index contributed by atoms with van der Waals surface area (Å²) in [6.45, 7) is 8.22. The van der Waals surface area contributed by atoms with Gasteiger partial charge in [0.1, 0.15) is 0 Å². The monoisotopic (exact) mass is 245 g/mol. The van der Waals surface area contributed by atoms with E-state index in [1.54, 1.807) is 12.4 Å². The van der Waals surface area contributed by atoms with Gasteiger partial charge in [-0.25, -0.2) is 0 Å². The minimum atomic E-state index is 0.444. The Morgan fingerprint density at radius 3 is 2.72 bits per heavy atom. The summed E-state index contributed by atoms with van der Waals surface area (Å²) in [6.07, 6.45) is 9.45. The Morgan fingerprint density at radius 2 is 2.17 bits per heavy atom. The quantitative estimate of drug-likeness (QED) is 0.890. The molecular weight excluding hydrogens is 222 g/mol. The second-order valence-corrected chi connectivity index (χ2v) is 6.74. The molecule has 2 aliphatic rings. The van der Waals surface area contributed by atoms with Gasteiger partial charge in [-0.15, -0.1) is 0 Å². The Morgan fingerprint density at radius 1 is 1.33 bits per heavy atom. The SMILES string of the molecule is CC1(C)C2CCC1(C)C(NCc1cnccn1)C2. The highest BCUT2D eigenvalue weighted by Crippen LogP contribution is 2.65. The number of nitrogens with one attached hydrogen (secondary N) is 1. The van der Waals surface area contributed by atoms with Gasteiger partial charge in [0.15, 0.2) is 0 Å². The second kappa shape index (κ2) is 4.02. The van der Waals surface area contributed by atoms with E-state index in [0.29, 0.717) is 16.9 Å². The van der Waals surface area contributed by atoms with E-state index in [1.807, 2.05) is 6.20 Å². The summed E-state index contributed by atoms with van der Waals surface area (Å²) in [5.41, 5.74) is 1.97. The maximum absolute atomic E-state index is 4.34. The van der Waals surface area contributed by atoms with Gasteiger partial charge < -0.3 is 5.32 Å². The van der Waals surface area contributed by atoms with E-state index in [0.717, 1.165) is 18.2 Å². The van der Waals surface area contributed by atoms with Crippen molar-refractivity contribution in [2.24, 2.45) is 16.7 Å². The number of aromatic nitrogens is 2. The number of hydrogen-bond donors (Lipinski definition) is 1. The molecule has 2 saturated carbocycles. The Bertz CT molecular complexity index is 429. The molecule has 2 fully saturated rings. The zero-order chi connectivity index (χ0) is 12.8. The average molecular weight is 245 g/mol. The highest BCUT2D eigenvalue weighted by atomic mass is 15.0. The molecule has 0 saturated heterocycles. The van der Waals surface area contributed by atoms with Crippen molar-refractivity contribution in [3.8, 4) is 0 Å². The summed E-state index contributed by atoms with van der Waals surface area (Å²) in [7, 11) is 0. The van der Waals surface area contributed by atoms with Gasteiger partial charge in [-0.05, 0) is 36.0 Å². The third-order valence-corrected chi connectivity index (χ3v) is 5.94. The van der Waals surface area contributed by atoms with Gasteiger partial charge in [0.25, 0.3) is 0 Å². The Balaban J connectivity index is 1.69. The molecule has 1 N–H and O–H groups in total. The number of rotatable bonds is 3. The summed E-state index contributed by atoms with van der Waals surface area (Å²) in [6, 6.07) is 0.633. The molecule has 0 aliphatic heterocycles. The minimum absolute atomic E-state index is 0.444. The molecule has 0 radical (unpaired) electrons. The van der Waals surface area contributed by atoms with Crippen LogP contribution >= 0.6 is 0 Å². The van der Waals surface area contributed by atoms with E-state index in [4.69, 9.17) is 0 Å². The van der Waals surface area contributed by atoms with Crippen LogP contribution < -0.4 is 5.32 Å². The average Bonchev–Trinajstić information content (AvgIpc) is 2.70. The molecule has 1 aromatic rings. The van der Waals surface area contributed by atoms with Crippen molar-refractivity contribution in [2.45, 2.75) is 52.6 Å². The molecule has 3 unspecified atom stereocenters. The molecule has 3 heteroatoms. The maximum Gasteiger partial charge on any atom is 0.0724 e. The lowest BCUT2D eigenvalue weighted by Crippen LogP contribution is -2.44. The van der Waals surface area contributed by atoms with Crippen LogP contribution in [0.5, 0.6) is 0 Å². The third-order valence-electron chi connectivity index (χ3n) is 5.94. The summed E-state index contributed by atoms with van der Waals surface area (Å²) in [5.74, 6) is 0.891. The van der Waals surface area contributed by atoms with Gasteiger partial charge in [-0.2, -0.15) is 0 Å². The molecule has 0 aromatic carbocycles. The van der Waals surface area contributed by atoms with Crippen molar-refractivity contribution in [3.05, 3.63) is 24.3 Å². The van der Waals surface area contributed by atoms with Crippen LogP contribution in [0.1, 0.15) is 45.7 Å². The van der Waals surface area contributed by atoms with Crippen LogP contribution in [0.25, 0.3) is 0 Å². The first kappa shape index (κ1) is 12.1. The standard InChI is InChI=1S/C15H23N3/c1-14(2)11-4-5-15(14,3)13(8-11)18-10-12-9-16-6-7-17-12/h6-7,9,11,13,18H,4-5,8,10H2,1-3H3. The predicted molar refractivity (Wildman–Crippen MR) is 71.9 cm³/mol. The van der Waals surface area contributed by atoms with E-state index < -0.39 is 0 Å². The Hall–Kier alpha value is -0.960. The molecule has 3 atom stereocenters.